The minimum absolute atomic E-state index is 0.0856. The lowest BCUT2D eigenvalue weighted by Crippen LogP contribution is -2.30. The molecule has 0 saturated carbocycles. The summed E-state index contributed by atoms with van der Waals surface area (Å²) in [5.74, 6) is 0.733. The zero-order chi connectivity index (χ0) is 15.7. The summed E-state index contributed by atoms with van der Waals surface area (Å²) < 4.78 is 0. The number of benzene rings is 1. The van der Waals surface area contributed by atoms with Gasteiger partial charge in [0.1, 0.15) is 5.69 Å². The van der Waals surface area contributed by atoms with E-state index >= 15 is 0 Å². The maximum atomic E-state index is 12.8. The Hall–Kier alpha value is -2.07. The van der Waals surface area contributed by atoms with Gasteiger partial charge in [-0.05, 0) is 43.5 Å². The van der Waals surface area contributed by atoms with Gasteiger partial charge in [0.25, 0.3) is 5.91 Å². The molecule has 1 aliphatic heterocycles. The van der Waals surface area contributed by atoms with Gasteiger partial charge in [0.05, 0.1) is 0 Å². The second-order valence-electron chi connectivity index (χ2n) is 6.23. The minimum Gasteiger partial charge on any atom is -0.354 e. The fraction of sp³-hybridized carbons (Fsp3) is 0.389. The van der Waals surface area contributed by atoms with Crippen LogP contribution in [0.1, 0.15) is 33.2 Å². The molecule has 1 aromatic carbocycles. The normalized spacial score (nSPS) is 21.3. The molecule has 0 unspecified atom stereocenters. The Morgan fingerprint density at radius 3 is 2.59 bits per heavy atom. The summed E-state index contributed by atoms with van der Waals surface area (Å²) in [6.07, 6.45) is 0. The molecule has 116 valence electrons. The van der Waals surface area contributed by atoms with Crippen molar-refractivity contribution in [3.8, 4) is 0 Å². The number of nitrogens with zero attached hydrogens (tertiary/aromatic N) is 1. The summed E-state index contributed by atoms with van der Waals surface area (Å²) >= 11 is 0. The SMILES string of the molecule is Cc1cc(C)c(C(=O)N2C[C@@H](CN)[C@H](c3ccccc3)C2)[nH]1. The number of hydrogen-bond donors (Lipinski definition) is 2. The summed E-state index contributed by atoms with van der Waals surface area (Å²) in [5.41, 5.74) is 9.96. The van der Waals surface area contributed by atoms with E-state index in [1.165, 1.54) is 5.56 Å². The Labute approximate surface area is 131 Å². The predicted octanol–water partition coefficient (Wildman–Crippen LogP) is 2.45. The maximum absolute atomic E-state index is 12.8. The van der Waals surface area contributed by atoms with E-state index in [0.717, 1.165) is 24.3 Å². The molecule has 1 aromatic heterocycles. The van der Waals surface area contributed by atoms with Crippen molar-refractivity contribution in [3.63, 3.8) is 0 Å². The van der Waals surface area contributed by atoms with E-state index in [1.807, 2.05) is 43.0 Å². The fourth-order valence-electron chi connectivity index (χ4n) is 3.46. The zero-order valence-electron chi connectivity index (χ0n) is 13.2. The second-order valence-corrected chi connectivity index (χ2v) is 6.23. The molecule has 0 radical (unpaired) electrons. The van der Waals surface area contributed by atoms with Crippen LogP contribution in [-0.4, -0.2) is 35.4 Å². The number of likely N-dealkylation sites (tertiary alicyclic amines) is 1. The highest BCUT2D eigenvalue weighted by Gasteiger charge is 2.36. The first-order valence-corrected chi connectivity index (χ1v) is 7.80. The molecule has 22 heavy (non-hydrogen) atoms. The Morgan fingerprint density at radius 1 is 1.27 bits per heavy atom. The first kappa shape index (κ1) is 14.9. The van der Waals surface area contributed by atoms with Gasteiger partial charge in [-0.1, -0.05) is 30.3 Å². The lowest BCUT2D eigenvalue weighted by Gasteiger charge is -2.16. The monoisotopic (exact) mass is 297 g/mol. The van der Waals surface area contributed by atoms with Crippen LogP contribution in [0.3, 0.4) is 0 Å². The van der Waals surface area contributed by atoms with Crippen LogP contribution in [-0.2, 0) is 0 Å². The van der Waals surface area contributed by atoms with Gasteiger partial charge < -0.3 is 15.6 Å². The maximum Gasteiger partial charge on any atom is 0.270 e. The van der Waals surface area contributed by atoms with Crippen LogP contribution in [0, 0.1) is 19.8 Å². The molecule has 2 aromatic rings. The summed E-state index contributed by atoms with van der Waals surface area (Å²) in [7, 11) is 0. The van der Waals surface area contributed by atoms with Crippen molar-refractivity contribution in [2.24, 2.45) is 11.7 Å². The topological polar surface area (TPSA) is 62.1 Å². The van der Waals surface area contributed by atoms with E-state index in [0.29, 0.717) is 24.1 Å². The third kappa shape index (κ3) is 2.66. The Balaban J connectivity index is 1.82. The van der Waals surface area contributed by atoms with Crippen molar-refractivity contribution in [3.05, 3.63) is 58.9 Å². The van der Waals surface area contributed by atoms with Crippen LogP contribution in [0.5, 0.6) is 0 Å². The third-order valence-corrected chi connectivity index (χ3v) is 4.62. The van der Waals surface area contributed by atoms with Crippen LogP contribution in [0.4, 0.5) is 0 Å². The van der Waals surface area contributed by atoms with Crippen molar-refractivity contribution in [2.75, 3.05) is 19.6 Å². The molecule has 0 bridgehead atoms. The smallest absolute Gasteiger partial charge is 0.270 e. The van der Waals surface area contributed by atoms with Crippen LogP contribution in [0.25, 0.3) is 0 Å². The standard InChI is InChI=1S/C18H23N3O/c1-12-8-13(2)20-17(12)18(22)21-10-15(9-19)16(11-21)14-6-4-3-5-7-14/h3-8,15-16,20H,9-11,19H2,1-2H3/t15-,16+/m1/s1. The summed E-state index contributed by atoms with van der Waals surface area (Å²) in [6.45, 7) is 6.02. The molecule has 3 rings (SSSR count). The fourth-order valence-corrected chi connectivity index (χ4v) is 3.46. The van der Waals surface area contributed by atoms with E-state index in [4.69, 9.17) is 5.73 Å². The summed E-state index contributed by atoms with van der Waals surface area (Å²) in [4.78, 5) is 17.9. The average molecular weight is 297 g/mol. The molecule has 4 nitrogen and oxygen atoms in total. The number of aryl methyl sites for hydroxylation is 2. The summed E-state index contributed by atoms with van der Waals surface area (Å²) in [6, 6.07) is 12.4. The molecule has 4 heteroatoms. The number of H-pyrrole nitrogens is 1. The Morgan fingerprint density at radius 2 is 2.00 bits per heavy atom. The van der Waals surface area contributed by atoms with Gasteiger partial charge in [-0.2, -0.15) is 0 Å². The van der Waals surface area contributed by atoms with E-state index in [1.54, 1.807) is 0 Å². The molecule has 1 aliphatic rings. The van der Waals surface area contributed by atoms with Gasteiger partial charge in [-0.3, -0.25) is 4.79 Å². The molecule has 0 spiro atoms. The van der Waals surface area contributed by atoms with Crippen molar-refractivity contribution < 1.29 is 4.79 Å². The van der Waals surface area contributed by atoms with Crippen molar-refractivity contribution >= 4 is 5.91 Å². The van der Waals surface area contributed by atoms with E-state index in [9.17, 15) is 4.79 Å². The average Bonchev–Trinajstić information content (AvgIpc) is 3.10. The molecule has 1 amide bonds. The number of carbonyl (C=O) groups excluding carboxylic acids is 1. The van der Waals surface area contributed by atoms with Crippen LogP contribution in [0.15, 0.2) is 36.4 Å². The predicted molar refractivity (Wildman–Crippen MR) is 87.9 cm³/mol. The van der Waals surface area contributed by atoms with E-state index < -0.39 is 0 Å². The highest BCUT2D eigenvalue weighted by Crippen LogP contribution is 2.33. The van der Waals surface area contributed by atoms with Gasteiger partial charge in [0.15, 0.2) is 0 Å². The number of nitrogens with two attached hydrogens (primary N) is 1. The van der Waals surface area contributed by atoms with Crippen LogP contribution >= 0.6 is 0 Å². The number of carbonyl (C=O) groups is 1. The first-order chi connectivity index (χ1) is 10.6. The number of rotatable bonds is 3. The van der Waals surface area contributed by atoms with Crippen LogP contribution < -0.4 is 5.73 Å². The Bertz CT molecular complexity index is 662. The minimum atomic E-state index is 0.0856. The zero-order valence-corrected chi connectivity index (χ0v) is 13.2. The molecule has 2 atom stereocenters. The van der Waals surface area contributed by atoms with E-state index in [-0.39, 0.29) is 5.91 Å². The second kappa shape index (κ2) is 5.97. The number of hydrogen-bond acceptors (Lipinski definition) is 2. The third-order valence-electron chi connectivity index (χ3n) is 4.62. The molecule has 0 aliphatic carbocycles. The molecular weight excluding hydrogens is 274 g/mol. The number of amides is 1. The lowest BCUT2D eigenvalue weighted by atomic mass is 9.89. The molecule has 3 N–H and O–H groups in total. The Kier molecular flexibility index (Phi) is 4.03. The van der Waals surface area contributed by atoms with Gasteiger partial charge >= 0.3 is 0 Å². The molecule has 2 heterocycles. The van der Waals surface area contributed by atoms with Gasteiger partial charge in [0, 0.05) is 24.7 Å². The van der Waals surface area contributed by atoms with Gasteiger partial charge in [-0.15, -0.1) is 0 Å². The van der Waals surface area contributed by atoms with Crippen molar-refractivity contribution in [1.29, 1.82) is 0 Å². The molecule has 1 saturated heterocycles. The molecular formula is C18H23N3O. The largest absolute Gasteiger partial charge is 0.354 e. The first-order valence-electron chi connectivity index (χ1n) is 7.80. The number of aromatic nitrogens is 1. The quantitative estimate of drug-likeness (QED) is 0.914. The number of aromatic amines is 1. The van der Waals surface area contributed by atoms with Crippen LogP contribution in [0.2, 0.25) is 0 Å². The van der Waals surface area contributed by atoms with Gasteiger partial charge in [0.2, 0.25) is 0 Å². The number of nitrogens with one attached hydrogen (secondary N) is 1. The molecule has 1 fully saturated rings. The van der Waals surface area contributed by atoms with Gasteiger partial charge in [-0.25, -0.2) is 0 Å². The van der Waals surface area contributed by atoms with Crippen molar-refractivity contribution in [2.45, 2.75) is 19.8 Å². The van der Waals surface area contributed by atoms with E-state index in [2.05, 4.69) is 17.1 Å². The highest BCUT2D eigenvalue weighted by molar-refractivity contribution is 5.94. The highest BCUT2D eigenvalue weighted by atomic mass is 16.2. The van der Waals surface area contributed by atoms with Crippen molar-refractivity contribution in [1.82, 2.24) is 9.88 Å². The lowest BCUT2D eigenvalue weighted by molar-refractivity contribution is 0.0780. The summed E-state index contributed by atoms with van der Waals surface area (Å²) in [5, 5.41) is 0.